The molecular weight excluding hydrogens is 368 g/mol. The molecule has 1 aliphatic rings. The summed E-state index contributed by atoms with van der Waals surface area (Å²) in [5, 5.41) is 17.7. The molecule has 4 aromatic rings. The zero-order valence-electron chi connectivity index (χ0n) is 16.4. The van der Waals surface area contributed by atoms with Gasteiger partial charge in [0.1, 0.15) is 11.4 Å². The van der Waals surface area contributed by atoms with Gasteiger partial charge in [-0.15, -0.1) is 10.2 Å². The summed E-state index contributed by atoms with van der Waals surface area (Å²) in [6.45, 7) is 3.89. The van der Waals surface area contributed by atoms with Gasteiger partial charge in [-0.05, 0) is 55.5 Å². The van der Waals surface area contributed by atoms with Crippen molar-refractivity contribution < 1.29 is 4.79 Å². The lowest BCUT2D eigenvalue weighted by Gasteiger charge is -2.04. The van der Waals surface area contributed by atoms with Crippen LogP contribution < -0.4 is 5.73 Å². The number of hydrogen-bond donors (Lipinski definition) is 1. The lowest BCUT2D eigenvalue weighted by Crippen LogP contribution is -2.12. The molecule has 5 rings (SSSR count). The van der Waals surface area contributed by atoms with Gasteiger partial charge < -0.3 is 5.73 Å². The number of amides is 1. The standard InChI is InChI=1S/C20H20N8O/c1-10-6-17(26-28-11(2)23-24-20(10)28)18-8-16(25-27(18)3)14-7-13(14)12-4-5-15(19(21)29)22-9-12/h4-6,8-9,13-14H,7H2,1-3H3,(H2,21,29). The Labute approximate surface area is 166 Å². The molecule has 0 aliphatic heterocycles. The number of carbonyl (C=O) groups excluding carboxylic acids is 1. The van der Waals surface area contributed by atoms with E-state index in [-0.39, 0.29) is 5.69 Å². The lowest BCUT2D eigenvalue weighted by atomic mass is 10.1. The van der Waals surface area contributed by atoms with E-state index in [1.54, 1.807) is 16.8 Å². The van der Waals surface area contributed by atoms with Gasteiger partial charge in [-0.2, -0.15) is 14.7 Å². The van der Waals surface area contributed by atoms with Crippen LogP contribution in [0.2, 0.25) is 0 Å². The topological polar surface area (TPSA) is 117 Å². The van der Waals surface area contributed by atoms with E-state index in [0.29, 0.717) is 11.8 Å². The minimum atomic E-state index is -0.513. The highest BCUT2D eigenvalue weighted by molar-refractivity contribution is 5.90. The summed E-state index contributed by atoms with van der Waals surface area (Å²) >= 11 is 0. The molecule has 1 amide bonds. The third-order valence-corrected chi connectivity index (χ3v) is 5.51. The van der Waals surface area contributed by atoms with Gasteiger partial charge in [-0.1, -0.05) is 6.07 Å². The van der Waals surface area contributed by atoms with E-state index in [2.05, 4.69) is 21.2 Å². The number of aromatic nitrogens is 7. The second-order valence-corrected chi connectivity index (χ2v) is 7.56. The number of primary amides is 1. The summed E-state index contributed by atoms with van der Waals surface area (Å²) in [6, 6.07) is 7.72. The molecule has 0 radical (unpaired) electrons. The van der Waals surface area contributed by atoms with E-state index in [1.807, 2.05) is 37.7 Å². The summed E-state index contributed by atoms with van der Waals surface area (Å²) in [7, 11) is 1.93. The van der Waals surface area contributed by atoms with Crippen LogP contribution in [0.3, 0.4) is 0 Å². The Kier molecular flexibility index (Phi) is 3.73. The first-order valence-corrected chi connectivity index (χ1v) is 9.42. The van der Waals surface area contributed by atoms with Crippen molar-refractivity contribution in [1.82, 2.24) is 34.6 Å². The van der Waals surface area contributed by atoms with E-state index in [9.17, 15) is 4.79 Å². The highest BCUT2D eigenvalue weighted by atomic mass is 16.1. The Morgan fingerprint density at radius 3 is 2.69 bits per heavy atom. The van der Waals surface area contributed by atoms with Crippen molar-refractivity contribution in [3.8, 4) is 11.4 Å². The van der Waals surface area contributed by atoms with Gasteiger partial charge in [-0.25, -0.2) is 0 Å². The molecule has 4 heterocycles. The van der Waals surface area contributed by atoms with Crippen molar-refractivity contribution in [1.29, 1.82) is 0 Å². The van der Waals surface area contributed by atoms with Crippen molar-refractivity contribution in [3.05, 3.63) is 58.8 Å². The molecule has 2 unspecified atom stereocenters. The summed E-state index contributed by atoms with van der Waals surface area (Å²) < 4.78 is 3.63. The third-order valence-electron chi connectivity index (χ3n) is 5.51. The monoisotopic (exact) mass is 388 g/mol. The maximum absolute atomic E-state index is 11.2. The molecule has 0 saturated heterocycles. The molecule has 0 bridgehead atoms. The van der Waals surface area contributed by atoms with E-state index in [1.165, 1.54) is 0 Å². The summed E-state index contributed by atoms with van der Waals surface area (Å²) in [6.07, 6.45) is 2.74. The van der Waals surface area contributed by atoms with Gasteiger partial charge >= 0.3 is 0 Å². The molecule has 0 aromatic carbocycles. The minimum absolute atomic E-state index is 0.284. The van der Waals surface area contributed by atoms with Crippen LogP contribution in [0.1, 0.15) is 51.4 Å². The third kappa shape index (κ3) is 2.86. The molecule has 1 fully saturated rings. The SMILES string of the molecule is Cc1cc(-c2cc(C3CC3c3ccc(C(N)=O)nc3)nn2C)nn2c(C)nnc12. The van der Waals surface area contributed by atoms with Crippen molar-refractivity contribution in [2.24, 2.45) is 12.8 Å². The Hall–Kier alpha value is -3.62. The summed E-state index contributed by atoms with van der Waals surface area (Å²) in [5.41, 5.74) is 11.3. The average molecular weight is 388 g/mol. The van der Waals surface area contributed by atoms with Gasteiger partial charge in [0, 0.05) is 19.2 Å². The molecule has 4 aromatic heterocycles. The zero-order valence-corrected chi connectivity index (χ0v) is 16.4. The molecule has 0 spiro atoms. The molecule has 29 heavy (non-hydrogen) atoms. The number of fused-ring (bicyclic) bond motifs is 1. The quantitative estimate of drug-likeness (QED) is 0.571. The fraction of sp³-hybridized carbons (Fsp3) is 0.300. The van der Waals surface area contributed by atoms with Crippen molar-refractivity contribution in [2.45, 2.75) is 32.1 Å². The van der Waals surface area contributed by atoms with Gasteiger partial charge in [-0.3, -0.25) is 14.5 Å². The van der Waals surface area contributed by atoms with E-state index < -0.39 is 5.91 Å². The predicted molar refractivity (Wildman–Crippen MR) is 105 cm³/mol. The number of nitrogens with two attached hydrogens (primary N) is 1. The number of carbonyl (C=O) groups is 1. The molecule has 9 nitrogen and oxygen atoms in total. The molecule has 1 saturated carbocycles. The van der Waals surface area contributed by atoms with Crippen molar-refractivity contribution in [2.75, 3.05) is 0 Å². The Morgan fingerprint density at radius 2 is 1.97 bits per heavy atom. The van der Waals surface area contributed by atoms with Crippen LogP contribution in [0.25, 0.3) is 17.0 Å². The molecule has 9 heteroatoms. The first-order valence-electron chi connectivity index (χ1n) is 9.42. The first-order chi connectivity index (χ1) is 13.9. The molecule has 2 N–H and O–H groups in total. The average Bonchev–Trinajstić information content (AvgIpc) is 3.28. The Balaban J connectivity index is 1.44. The Morgan fingerprint density at radius 1 is 1.14 bits per heavy atom. The normalized spacial score (nSPS) is 18.3. The van der Waals surface area contributed by atoms with Crippen LogP contribution in [0.5, 0.6) is 0 Å². The lowest BCUT2D eigenvalue weighted by molar-refractivity contribution is 0.0995. The van der Waals surface area contributed by atoms with E-state index >= 15 is 0 Å². The second kappa shape index (κ2) is 6.20. The molecular formula is C20H20N8O. The fourth-order valence-corrected chi connectivity index (χ4v) is 3.83. The van der Waals surface area contributed by atoms with Crippen LogP contribution in [-0.4, -0.2) is 40.5 Å². The fourth-order valence-electron chi connectivity index (χ4n) is 3.83. The van der Waals surface area contributed by atoms with Crippen molar-refractivity contribution >= 4 is 11.6 Å². The highest BCUT2D eigenvalue weighted by Gasteiger charge is 2.41. The highest BCUT2D eigenvalue weighted by Crippen LogP contribution is 2.54. The number of hydrogen-bond acceptors (Lipinski definition) is 6. The Bertz CT molecular complexity index is 1250. The van der Waals surface area contributed by atoms with E-state index in [4.69, 9.17) is 15.9 Å². The van der Waals surface area contributed by atoms with Crippen LogP contribution in [0, 0.1) is 13.8 Å². The second-order valence-electron chi connectivity index (χ2n) is 7.56. The van der Waals surface area contributed by atoms with Crippen molar-refractivity contribution in [3.63, 3.8) is 0 Å². The van der Waals surface area contributed by atoms with Gasteiger partial charge in [0.25, 0.3) is 5.91 Å². The van der Waals surface area contributed by atoms with Crippen LogP contribution >= 0.6 is 0 Å². The summed E-state index contributed by atoms with van der Waals surface area (Å²) in [4.78, 5) is 15.4. The van der Waals surface area contributed by atoms with Crippen LogP contribution in [0.4, 0.5) is 0 Å². The number of pyridine rings is 1. The molecule has 1 aliphatic carbocycles. The maximum atomic E-state index is 11.2. The van der Waals surface area contributed by atoms with E-state index in [0.717, 1.165) is 46.1 Å². The maximum Gasteiger partial charge on any atom is 0.267 e. The van der Waals surface area contributed by atoms with Crippen LogP contribution in [-0.2, 0) is 7.05 Å². The smallest absolute Gasteiger partial charge is 0.267 e. The van der Waals surface area contributed by atoms with Gasteiger partial charge in [0.15, 0.2) is 11.5 Å². The number of aryl methyl sites for hydroxylation is 3. The molecule has 146 valence electrons. The molecule has 2 atom stereocenters. The zero-order chi connectivity index (χ0) is 20.3. The first kappa shape index (κ1) is 17.5. The minimum Gasteiger partial charge on any atom is -0.364 e. The van der Waals surface area contributed by atoms with Gasteiger partial charge in [0.2, 0.25) is 0 Å². The number of nitrogens with zero attached hydrogens (tertiary/aromatic N) is 7. The van der Waals surface area contributed by atoms with Crippen LogP contribution in [0.15, 0.2) is 30.5 Å². The summed E-state index contributed by atoms with van der Waals surface area (Å²) in [5.74, 6) is 0.921. The van der Waals surface area contributed by atoms with Gasteiger partial charge in [0.05, 0.1) is 11.4 Å². The largest absolute Gasteiger partial charge is 0.364 e. The predicted octanol–water partition coefficient (Wildman–Crippen LogP) is 1.91. The number of rotatable bonds is 4.